The van der Waals surface area contributed by atoms with Crippen LogP contribution in [0, 0.1) is 5.41 Å². The van der Waals surface area contributed by atoms with E-state index >= 15 is 0 Å². The highest BCUT2D eigenvalue weighted by Gasteiger charge is 2.35. The molecule has 33 heavy (non-hydrogen) atoms. The molecule has 0 saturated carbocycles. The van der Waals surface area contributed by atoms with Gasteiger partial charge in [0.2, 0.25) is 5.91 Å². The Morgan fingerprint density at radius 1 is 0.970 bits per heavy atom. The lowest BCUT2D eigenvalue weighted by molar-refractivity contribution is -0.137. The fourth-order valence-corrected chi connectivity index (χ4v) is 4.23. The average Bonchev–Trinajstić information content (AvgIpc) is 3.08. The Hall–Kier alpha value is -3.35. The lowest BCUT2D eigenvalue weighted by Gasteiger charge is -2.31. The van der Waals surface area contributed by atoms with Crippen molar-refractivity contribution in [3.8, 4) is 11.1 Å². The molecule has 0 heterocycles. The van der Waals surface area contributed by atoms with E-state index < -0.39 is 35.5 Å². The van der Waals surface area contributed by atoms with Crippen LogP contribution in [0.15, 0.2) is 48.5 Å². The van der Waals surface area contributed by atoms with Crippen molar-refractivity contribution in [1.82, 2.24) is 10.6 Å². The molecule has 1 aliphatic rings. The van der Waals surface area contributed by atoms with Gasteiger partial charge < -0.3 is 20.5 Å². The predicted octanol–water partition coefficient (Wildman–Crippen LogP) is 4.31. The number of carbonyl (C=O) groups excluding carboxylic acids is 2. The van der Waals surface area contributed by atoms with Crippen molar-refractivity contribution in [2.45, 2.75) is 58.5 Å². The molecule has 2 atom stereocenters. The molecule has 0 radical (unpaired) electrons. The molecule has 7 nitrogen and oxygen atoms in total. The number of hydrogen-bond donors (Lipinski definition) is 3. The normalized spacial score (nSPS) is 14.5. The molecular weight excluding hydrogens is 420 g/mol. The van der Waals surface area contributed by atoms with Crippen molar-refractivity contribution in [2.75, 3.05) is 6.61 Å². The molecule has 3 N–H and O–H groups in total. The van der Waals surface area contributed by atoms with Crippen LogP contribution in [0.3, 0.4) is 0 Å². The van der Waals surface area contributed by atoms with Crippen LogP contribution in [0.25, 0.3) is 11.1 Å². The van der Waals surface area contributed by atoms with Crippen LogP contribution >= 0.6 is 0 Å². The molecule has 0 aromatic heterocycles. The van der Waals surface area contributed by atoms with Gasteiger partial charge in [0.15, 0.2) is 0 Å². The summed E-state index contributed by atoms with van der Waals surface area (Å²) in [5, 5.41) is 14.5. The maximum atomic E-state index is 12.9. The zero-order valence-electron chi connectivity index (χ0n) is 19.6. The first kappa shape index (κ1) is 24.3. The predicted molar refractivity (Wildman–Crippen MR) is 126 cm³/mol. The van der Waals surface area contributed by atoms with E-state index in [0.29, 0.717) is 6.42 Å². The van der Waals surface area contributed by atoms with Crippen LogP contribution in [0.5, 0.6) is 0 Å². The summed E-state index contributed by atoms with van der Waals surface area (Å²) < 4.78 is 5.59. The highest BCUT2D eigenvalue weighted by Crippen LogP contribution is 2.44. The third kappa shape index (κ3) is 5.72. The standard InChI is InChI=1S/C26H32N2O5/c1-5-16(14-22(29)30)27-24(31)23(26(2,3)4)28-25(32)33-15-21-19-12-8-6-10-17(19)18-11-7-9-13-20(18)21/h6-13,16,21,23H,5,14-15H2,1-4H3,(H,27,31)(H,28,32)(H,29,30)/t16-,23+/m0/s1. The quantitative estimate of drug-likeness (QED) is 0.554. The van der Waals surface area contributed by atoms with E-state index in [1.54, 1.807) is 6.92 Å². The van der Waals surface area contributed by atoms with E-state index in [9.17, 15) is 14.4 Å². The lowest BCUT2D eigenvalue weighted by Crippen LogP contribution is -2.55. The second-order valence-corrected chi connectivity index (χ2v) is 9.48. The number of aliphatic carboxylic acids is 1. The molecule has 0 bridgehead atoms. The third-order valence-corrected chi connectivity index (χ3v) is 5.99. The fourth-order valence-electron chi connectivity index (χ4n) is 4.23. The molecule has 0 saturated heterocycles. The number of carbonyl (C=O) groups is 3. The van der Waals surface area contributed by atoms with Gasteiger partial charge in [0, 0.05) is 12.0 Å². The van der Waals surface area contributed by atoms with Crippen LogP contribution in [0.1, 0.15) is 57.6 Å². The molecule has 0 unspecified atom stereocenters. The molecule has 3 rings (SSSR count). The summed E-state index contributed by atoms with van der Waals surface area (Å²) in [7, 11) is 0. The number of nitrogens with one attached hydrogen (secondary N) is 2. The maximum absolute atomic E-state index is 12.9. The zero-order chi connectivity index (χ0) is 24.2. The van der Waals surface area contributed by atoms with Crippen molar-refractivity contribution in [1.29, 1.82) is 0 Å². The Bertz CT molecular complexity index is 982. The average molecular weight is 453 g/mol. The number of rotatable bonds is 8. The second kappa shape index (κ2) is 10.1. The van der Waals surface area contributed by atoms with E-state index in [0.717, 1.165) is 22.3 Å². The molecule has 176 valence electrons. The first-order valence-corrected chi connectivity index (χ1v) is 11.3. The van der Waals surface area contributed by atoms with Crippen LogP contribution in [0.4, 0.5) is 4.79 Å². The maximum Gasteiger partial charge on any atom is 0.407 e. The van der Waals surface area contributed by atoms with Crippen molar-refractivity contribution in [2.24, 2.45) is 5.41 Å². The van der Waals surface area contributed by atoms with Crippen LogP contribution in [-0.2, 0) is 14.3 Å². The molecule has 2 aromatic rings. The first-order chi connectivity index (χ1) is 15.6. The first-order valence-electron chi connectivity index (χ1n) is 11.3. The van der Waals surface area contributed by atoms with Crippen LogP contribution < -0.4 is 10.6 Å². The molecule has 7 heteroatoms. The SMILES string of the molecule is CC[C@@H](CC(=O)O)NC(=O)[C@@H](NC(=O)OCC1c2ccccc2-c2ccccc21)C(C)(C)C. The van der Waals surface area contributed by atoms with E-state index in [2.05, 4.69) is 22.8 Å². The van der Waals surface area contributed by atoms with Gasteiger partial charge >= 0.3 is 12.1 Å². The molecule has 1 aliphatic carbocycles. The lowest BCUT2D eigenvalue weighted by atomic mass is 9.86. The molecule has 0 spiro atoms. The van der Waals surface area contributed by atoms with E-state index in [4.69, 9.17) is 9.84 Å². The Morgan fingerprint density at radius 3 is 2.00 bits per heavy atom. The summed E-state index contributed by atoms with van der Waals surface area (Å²) in [6, 6.07) is 14.8. The highest BCUT2D eigenvalue weighted by atomic mass is 16.5. The number of amides is 2. The van der Waals surface area contributed by atoms with E-state index in [1.807, 2.05) is 57.2 Å². The Balaban J connectivity index is 1.68. The van der Waals surface area contributed by atoms with Gasteiger partial charge in [-0.1, -0.05) is 76.2 Å². The number of ether oxygens (including phenoxy) is 1. The molecule has 2 amide bonds. The monoisotopic (exact) mass is 452 g/mol. The van der Waals surface area contributed by atoms with E-state index in [-0.39, 0.29) is 18.9 Å². The number of benzene rings is 2. The minimum absolute atomic E-state index is 0.0786. The summed E-state index contributed by atoms with van der Waals surface area (Å²) in [4.78, 5) is 36.6. The van der Waals surface area contributed by atoms with Gasteiger partial charge in [-0.05, 0) is 34.1 Å². The summed E-state index contributed by atoms with van der Waals surface area (Å²) >= 11 is 0. The van der Waals surface area contributed by atoms with Crippen molar-refractivity contribution in [3.05, 3.63) is 59.7 Å². The Kier molecular flexibility index (Phi) is 7.41. The van der Waals surface area contributed by atoms with Crippen LogP contribution in [0.2, 0.25) is 0 Å². The highest BCUT2D eigenvalue weighted by molar-refractivity contribution is 5.87. The smallest absolute Gasteiger partial charge is 0.407 e. The topological polar surface area (TPSA) is 105 Å². The van der Waals surface area contributed by atoms with Gasteiger partial charge in [0.05, 0.1) is 6.42 Å². The summed E-state index contributed by atoms with van der Waals surface area (Å²) in [6.07, 6.45) is -0.387. The Labute approximate surface area is 194 Å². The van der Waals surface area contributed by atoms with Crippen LogP contribution in [-0.4, -0.2) is 41.8 Å². The van der Waals surface area contributed by atoms with Gasteiger partial charge in [-0.2, -0.15) is 0 Å². The van der Waals surface area contributed by atoms with E-state index in [1.165, 1.54) is 0 Å². The number of fused-ring (bicyclic) bond motifs is 3. The summed E-state index contributed by atoms with van der Waals surface area (Å²) in [5.41, 5.74) is 3.89. The second-order valence-electron chi connectivity index (χ2n) is 9.48. The number of carboxylic acid groups (broad SMARTS) is 1. The molecule has 2 aromatic carbocycles. The van der Waals surface area contributed by atoms with Crippen molar-refractivity contribution >= 4 is 18.0 Å². The number of alkyl carbamates (subject to hydrolysis) is 1. The minimum atomic E-state index is -0.987. The van der Waals surface area contributed by atoms with Gasteiger partial charge in [-0.25, -0.2) is 4.79 Å². The van der Waals surface area contributed by atoms with Gasteiger partial charge in [0.25, 0.3) is 0 Å². The van der Waals surface area contributed by atoms with Crippen molar-refractivity contribution < 1.29 is 24.2 Å². The number of carboxylic acids is 1. The Morgan fingerprint density at radius 2 is 1.52 bits per heavy atom. The fraction of sp³-hybridized carbons (Fsp3) is 0.423. The molecular formula is C26H32N2O5. The molecule has 0 aliphatic heterocycles. The van der Waals surface area contributed by atoms with Gasteiger partial charge in [-0.3, -0.25) is 9.59 Å². The van der Waals surface area contributed by atoms with Crippen molar-refractivity contribution in [3.63, 3.8) is 0 Å². The zero-order valence-corrected chi connectivity index (χ0v) is 19.6. The third-order valence-electron chi connectivity index (χ3n) is 5.99. The van der Waals surface area contributed by atoms with Gasteiger partial charge in [-0.15, -0.1) is 0 Å². The summed E-state index contributed by atoms with van der Waals surface area (Å²) in [5.74, 6) is -1.49. The molecule has 0 fully saturated rings. The minimum Gasteiger partial charge on any atom is -0.481 e. The van der Waals surface area contributed by atoms with Gasteiger partial charge in [0.1, 0.15) is 12.6 Å². The number of hydrogen-bond acceptors (Lipinski definition) is 4. The summed E-state index contributed by atoms with van der Waals surface area (Å²) in [6.45, 7) is 7.45. The largest absolute Gasteiger partial charge is 0.481 e.